The molecule has 158 valence electrons. The smallest absolute Gasteiger partial charge is 0.252 e. The molecule has 0 bridgehead atoms. The van der Waals surface area contributed by atoms with Gasteiger partial charge in [0.05, 0.1) is 30.7 Å². The monoisotopic (exact) mass is 438 g/mol. The van der Waals surface area contributed by atoms with Gasteiger partial charge in [0.25, 0.3) is 5.91 Å². The highest BCUT2D eigenvalue weighted by atomic mass is 32.2. The summed E-state index contributed by atoms with van der Waals surface area (Å²) in [6, 6.07) is 5.25. The van der Waals surface area contributed by atoms with Crippen LogP contribution in [0.3, 0.4) is 0 Å². The molecule has 0 aliphatic heterocycles. The maximum atomic E-state index is 12.2. The predicted octanol–water partition coefficient (Wildman–Crippen LogP) is 2.96. The van der Waals surface area contributed by atoms with E-state index < -0.39 is 5.91 Å². The third-order valence-electron chi connectivity index (χ3n) is 3.58. The van der Waals surface area contributed by atoms with Gasteiger partial charge in [-0.2, -0.15) is 4.99 Å². The molecule has 0 heterocycles. The van der Waals surface area contributed by atoms with E-state index in [4.69, 9.17) is 37.2 Å². The Balaban J connectivity index is 2.48. The molecule has 7 N–H and O–H groups in total. The summed E-state index contributed by atoms with van der Waals surface area (Å²) in [5.74, 6) is 0.566. The third-order valence-corrected chi connectivity index (χ3v) is 5.00. The Morgan fingerprint density at radius 1 is 1.03 bits per heavy atom. The molecule has 11 heteroatoms. The Hall–Kier alpha value is -2.53. The second-order valence-corrected chi connectivity index (χ2v) is 8.05. The lowest BCUT2D eigenvalue weighted by Crippen LogP contribution is -2.14. The van der Waals surface area contributed by atoms with E-state index in [1.165, 1.54) is 14.2 Å². The second kappa shape index (κ2) is 12.8. The number of benzene rings is 1. The lowest BCUT2D eigenvalue weighted by molar-refractivity contribution is -0.117. The minimum atomic E-state index is -0.441. The number of thioether (sulfide) groups is 2. The maximum absolute atomic E-state index is 12.2. The van der Waals surface area contributed by atoms with Crippen LogP contribution in [0.15, 0.2) is 23.2 Å². The van der Waals surface area contributed by atoms with Gasteiger partial charge in [-0.1, -0.05) is 12.1 Å². The number of aliphatic imine (C=N–C) groups is 1. The fourth-order valence-corrected chi connectivity index (χ4v) is 3.53. The molecule has 29 heavy (non-hydrogen) atoms. The van der Waals surface area contributed by atoms with Gasteiger partial charge in [0.15, 0.2) is 21.8 Å². The van der Waals surface area contributed by atoms with Gasteiger partial charge in [-0.15, -0.1) is 0 Å². The maximum Gasteiger partial charge on any atom is 0.252 e. The Kier molecular flexibility index (Phi) is 10.8. The van der Waals surface area contributed by atoms with Crippen LogP contribution in [0, 0.1) is 16.2 Å². The summed E-state index contributed by atoms with van der Waals surface area (Å²) in [6.07, 6.45) is 2.37. The van der Waals surface area contributed by atoms with Crippen molar-refractivity contribution < 1.29 is 14.3 Å². The number of carbonyl (C=O) groups excluding carboxylic acids is 1. The molecule has 0 radical (unpaired) electrons. The van der Waals surface area contributed by atoms with Gasteiger partial charge in [-0.05, 0) is 55.3 Å². The number of amides is 1. The molecule has 0 atom stereocenters. The molecule has 0 saturated heterocycles. The van der Waals surface area contributed by atoms with Crippen molar-refractivity contribution in [3.8, 4) is 11.5 Å². The molecule has 1 amide bonds. The number of para-hydroxylation sites is 1. The lowest BCUT2D eigenvalue weighted by atomic mass is 10.1. The molecular weight excluding hydrogens is 412 g/mol. The van der Waals surface area contributed by atoms with E-state index in [9.17, 15) is 4.79 Å². The largest absolute Gasteiger partial charge is 0.493 e. The lowest BCUT2D eigenvalue weighted by Gasteiger charge is -2.11. The fourth-order valence-electron chi connectivity index (χ4n) is 2.37. The number of carbonyl (C=O) groups is 1. The zero-order valence-corrected chi connectivity index (χ0v) is 18.0. The molecule has 0 saturated carbocycles. The van der Waals surface area contributed by atoms with E-state index in [1.807, 2.05) is 0 Å². The molecule has 1 rings (SSSR count). The summed E-state index contributed by atoms with van der Waals surface area (Å²) >= 11 is 1.88. The van der Waals surface area contributed by atoms with Crippen molar-refractivity contribution in [2.24, 2.45) is 16.5 Å². The Morgan fingerprint density at radius 2 is 1.66 bits per heavy atom. The summed E-state index contributed by atoms with van der Waals surface area (Å²) in [5.41, 5.74) is 11.6. The zero-order valence-electron chi connectivity index (χ0n) is 16.4. The average Bonchev–Trinajstić information content (AvgIpc) is 2.64. The van der Waals surface area contributed by atoms with Crippen LogP contribution in [0.2, 0.25) is 0 Å². The average molecular weight is 439 g/mol. The zero-order chi connectivity index (χ0) is 21.8. The first-order chi connectivity index (χ1) is 13.8. The summed E-state index contributed by atoms with van der Waals surface area (Å²) in [7, 11) is 3.02. The predicted molar refractivity (Wildman–Crippen MR) is 121 cm³/mol. The van der Waals surface area contributed by atoms with Gasteiger partial charge in [0.2, 0.25) is 0 Å². The Bertz CT molecular complexity index is 798. The van der Waals surface area contributed by atoms with Crippen LogP contribution >= 0.6 is 23.5 Å². The third kappa shape index (κ3) is 9.48. The molecule has 1 aromatic rings. The van der Waals surface area contributed by atoms with Crippen LogP contribution in [-0.2, 0) is 11.2 Å². The SMILES string of the molecule is COc1cccc(CC(=O)N=C(N)SC(=N)CCCCC(=N)SC(=N)N)c1OC. The first-order valence-electron chi connectivity index (χ1n) is 8.68. The van der Waals surface area contributed by atoms with Crippen LogP contribution < -0.4 is 20.9 Å². The van der Waals surface area contributed by atoms with Crippen molar-refractivity contribution in [2.45, 2.75) is 32.1 Å². The molecule has 0 aliphatic rings. The van der Waals surface area contributed by atoms with Crippen LogP contribution in [0.1, 0.15) is 31.2 Å². The van der Waals surface area contributed by atoms with Crippen LogP contribution in [0.4, 0.5) is 0 Å². The van der Waals surface area contributed by atoms with Crippen molar-refractivity contribution in [3.63, 3.8) is 0 Å². The van der Waals surface area contributed by atoms with E-state index in [0.717, 1.165) is 23.5 Å². The van der Waals surface area contributed by atoms with Crippen LogP contribution in [0.5, 0.6) is 11.5 Å². The number of hydrogen-bond donors (Lipinski definition) is 5. The van der Waals surface area contributed by atoms with E-state index >= 15 is 0 Å². The fraction of sp³-hybridized carbons (Fsp3) is 0.389. The molecule has 0 unspecified atom stereocenters. The minimum absolute atomic E-state index is 0.00485. The topological polar surface area (TPSA) is 171 Å². The van der Waals surface area contributed by atoms with Gasteiger partial charge >= 0.3 is 0 Å². The molecule has 1 aromatic carbocycles. The number of nitrogens with two attached hydrogens (primary N) is 2. The number of ether oxygens (including phenoxy) is 2. The van der Waals surface area contributed by atoms with Crippen LogP contribution in [-0.4, -0.2) is 40.5 Å². The summed E-state index contributed by atoms with van der Waals surface area (Å²) < 4.78 is 10.5. The van der Waals surface area contributed by atoms with Gasteiger partial charge in [0, 0.05) is 5.56 Å². The number of hydrogen-bond acceptors (Lipinski definition) is 8. The standard InChI is InChI=1S/C18H26N6O3S2/c1-26-12-7-5-6-11(16(12)27-2)10-15(25)24-18(23)29-14(20)9-4-3-8-13(19)28-17(21)22/h5-7,19-20H,3-4,8-10H2,1-2H3,(H3,21,22)(H2,23,24,25). The second-order valence-electron chi connectivity index (χ2n) is 5.80. The number of unbranched alkanes of at least 4 members (excludes halogenated alkanes) is 1. The quantitative estimate of drug-likeness (QED) is 0.224. The Labute approximate surface area is 178 Å². The van der Waals surface area contributed by atoms with Crippen molar-refractivity contribution >= 4 is 49.9 Å². The number of amidine groups is 2. The summed E-state index contributed by atoms with van der Waals surface area (Å²) in [4.78, 5) is 16.0. The number of nitrogens with one attached hydrogen (secondary N) is 3. The first-order valence-corrected chi connectivity index (χ1v) is 10.3. The molecule has 0 aromatic heterocycles. The van der Waals surface area contributed by atoms with E-state index in [2.05, 4.69) is 4.99 Å². The molecule has 0 spiro atoms. The highest BCUT2D eigenvalue weighted by Gasteiger charge is 2.13. The molecule has 9 nitrogen and oxygen atoms in total. The van der Waals surface area contributed by atoms with Gasteiger partial charge in [-0.3, -0.25) is 21.0 Å². The number of rotatable bonds is 9. The molecular formula is C18H26N6O3S2. The van der Waals surface area contributed by atoms with Crippen LogP contribution in [0.25, 0.3) is 0 Å². The summed E-state index contributed by atoms with van der Waals surface area (Å²) in [6.45, 7) is 0. The van der Waals surface area contributed by atoms with Gasteiger partial charge in [-0.25, -0.2) is 0 Å². The van der Waals surface area contributed by atoms with Gasteiger partial charge in [0.1, 0.15) is 0 Å². The van der Waals surface area contributed by atoms with Crippen molar-refractivity contribution in [2.75, 3.05) is 14.2 Å². The highest BCUT2D eigenvalue weighted by Crippen LogP contribution is 2.31. The van der Waals surface area contributed by atoms with Crippen molar-refractivity contribution in [1.29, 1.82) is 16.2 Å². The summed E-state index contributed by atoms with van der Waals surface area (Å²) in [5, 5.41) is 23.2. The van der Waals surface area contributed by atoms with E-state index in [0.29, 0.717) is 52.8 Å². The van der Waals surface area contributed by atoms with Gasteiger partial charge < -0.3 is 20.9 Å². The highest BCUT2D eigenvalue weighted by molar-refractivity contribution is 8.26. The Morgan fingerprint density at radius 3 is 2.21 bits per heavy atom. The molecule has 0 fully saturated rings. The van der Waals surface area contributed by atoms with Crippen molar-refractivity contribution in [1.82, 2.24) is 0 Å². The number of nitrogens with zero attached hydrogens (tertiary/aromatic N) is 1. The normalized spacial score (nSPS) is 11.0. The van der Waals surface area contributed by atoms with E-state index in [1.54, 1.807) is 18.2 Å². The minimum Gasteiger partial charge on any atom is -0.493 e. The van der Waals surface area contributed by atoms with Crippen molar-refractivity contribution in [3.05, 3.63) is 23.8 Å². The van der Waals surface area contributed by atoms with E-state index in [-0.39, 0.29) is 16.8 Å². The molecule has 0 aliphatic carbocycles. The number of methoxy groups -OCH3 is 2. The first kappa shape index (κ1) is 24.5.